The van der Waals surface area contributed by atoms with E-state index in [9.17, 15) is 0 Å². The summed E-state index contributed by atoms with van der Waals surface area (Å²) in [5.74, 6) is 0.465. The van der Waals surface area contributed by atoms with Gasteiger partial charge in [-0.25, -0.2) is 4.99 Å². The Hall–Kier alpha value is -6.82. The number of fused-ring (bicyclic) bond motifs is 13. The summed E-state index contributed by atoms with van der Waals surface area (Å²) in [6, 6.07) is 58.1. The molecule has 0 radical (unpaired) electrons. The Morgan fingerprint density at radius 2 is 1.20 bits per heavy atom. The summed E-state index contributed by atoms with van der Waals surface area (Å²) >= 11 is 1.87. The Kier molecular flexibility index (Phi) is 6.91. The molecule has 0 saturated carbocycles. The number of rotatable bonds is 6. The number of para-hydroxylation sites is 1. The average molecular weight is 710 g/mol. The molecule has 0 fully saturated rings. The molecule has 0 aliphatic rings. The number of thiophene rings is 1. The average Bonchev–Trinajstić information content (AvgIpc) is 3.92. The van der Waals surface area contributed by atoms with Gasteiger partial charge in [0.1, 0.15) is 12.3 Å². The first-order valence-electron chi connectivity index (χ1n) is 18.1. The molecular weight excluding hydrogens is 679 g/mol. The molecule has 11 aromatic rings. The van der Waals surface area contributed by atoms with E-state index in [0.717, 1.165) is 33.4 Å². The van der Waals surface area contributed by atoms with Crippen LogP contribution in [0.5, 0.6) is 0 Å². The minimum absolute atomic E-state index is 0.377. The Morgan fingerprint density at radius 3 is 2.00 bits per heavy atom. The number of nitrogens with zero attached hydrogens (tertiary/aromatic N) is 3. The molecule has 0 unspecified atom stereocenters. The van der Waals surface area contributed by atoms with Crippen LogP contribution in [0.1, 0.15) is 11.1 Å². The second kappa shape index (κ2) is 12.1. The molecule has 0 bridgehead atoms. The van der Waals surface area contributed by atoms with E-state index >= 15 is 0 Å². The van der Waals surface area contributed by atoms with Gasteiger partial charge in [-0.2, -0.15) is 0 Å². The normalized spacial score (nSPS) is 12.3. The highest BCUT2D eigenvalue weighted by molar-refractivity contribution is 7.27. The van der Waals surface area contributed by atoms with Gasteiger partial charge in [0, 0.05) is 42.6 Å². The van der Waals surface area contributed by atoms with E-state index in [2.05, 4.69) is 156 Å². The summed E-state index contributed by atoms with van der Waals surface area (Å²) in [4.78, 5) is 10.0. The van der Waals surface area contributed by atoms with Crippen LogP contribution < -0.4 is 0 Å². The van der Waals surface area contributed by atoms with Crippen molar-refractivity contribution in [3.8, 4) is 11.1 Å². The molecule has 11 rings (SSSR count). The molecular formula is C49H31N3OS. The fourth-order valence-corrected chi connectivity index (χ4v) is 9.73. The van der Waals surface area contributed by atoms with E-state index in [1.807, 2.05) is 35.6 Å². The van der Waals surface area contributed by atoms with Crippen molar-refractivity contribution in [1.29, 1.82) is 0 Å². The number of aromatic nitrogens is 1. The van der Waals surface area contributed by atoms with Crippen LogP contribution in [-0.2, 0) is 6.67 Å². The third kappa shape index (κ3) is 4.55. The molecule has 0 N–H and O–H groups in total. The molecule has 54 heavy (non-hydrogen) atoms. The van der Waals surface area contributed by atoms with Gasteiger partial charge in [0.15, 0.2) is 0 Å². The fraction of sp³-hybridized carbons (Fsp3) is 0.0204. The molecule has 254 valence electrons. The first-order valence-corrected chi connectivity index (χ1v) is 18.9. The monoisotopic (exact) mass is 709 g/mol. The van der Waals surface area contributed by atoms with Gasteiger partial charge < -0.3 is 8.98 Å². The summed E-state index contributed by atoms with van der Waals surface area (Å²) in [5.41, 5.74) is 8.09. The molecule has 5 heteroatoms. The standard InChI is InChI=1S/C49H31N3OS/c1-50-49-44(37-19-9-11-21-40(37)53-49)45(33-25-23-31(24-26-33)30-13-3-2-4-14-30)51-29-52-46-34-16-6-5-15-32(34)27-28-39(46)42-35-17-7-8-18-36(35)43-38-20-10-12-22-41(38)54-48(43)47(42)52/h2-28H,1,29H2/b51-45-. The van der Waals surface area contributed by atoms with Crippen molar-refractivity contribution < 1.29 is 4.42 Å². The summed E-state index contributed by atoms with van der Waals surface area (Å²) < 4.78 is 11.3. The Balaban J connectivity index is 1.24. The van der Waals surface area contributed by atoms with E-state index in [1.54, 1.807) is 0 Å². The quantitative estimate of drug-likeness (QED) is 0.159. The lowest BCUT2D eigenvalue weighted by atomic mass is 9.97. The van der Waals surface area contributed by atoms with Crippen molar-refractivity contribution >= 4 is 104 Å². The third-order valence-corrected chi connectivity index (χ3v) is 12.0. The van der Waals surface area contributed by atoms with Crippen molar-refractivity contribution in [2.24, 2.45) is 9.98 Å². The minimum atomic E-state index is 0.377. The Labute approximate surface area is 314 Å². The minimum Gasteiger partial charge on any atom is -0.438 e. The van der Waals surface area contributed by atoms with E-state index in [-0.39, 0.29) is 0 Å². The molecule has 3 heterocycles. The van der Waals surface area contributed by atoms with Crippen LogP contribution in [-0.4, -0.2) is 17.0 Å². The number of hydrogen-bond acceptors (Lipinski definition) is 4. The van der Waals surface area contributed by atoms with Gasteiger partial charge in [-0.1, -0.05) is 152 Å². The molecule has 8 aromatic carbocycles. The van der Waals surface area contributed by atoms with Gasteiger partial charge in [0.2, 0.25) is 5.88 Å². The zero-order valence-electron chi connectivity index (χ0n) is 29.2. The number of hydrogen-bond donors (Lipinski definition) is 0. The number of benzene rings is 8. The van der Waals surface area contributed by atoms with Crippen molar-refractivity contribution in [2.45, 2.75) is 6.67 Å². The second-order valence-corrected chi connectivity index (χ2v) is 14.8. The number of furan rings is 1. The summed E-state index contributed by atoms with van der Waals surface area (Å²) in [7, 11) is 0. The van der Waals surface area contributed by atoms with Crippen LogP contribution in [0.25, 0.3) is 85.6 Å². The maximum Gasteiger partial charge on any atom is 0.228 e. The predicted octanol–water partition coefficient (Wildman–Crippen LogP) is 13.7. The molecule has 0 amide bonds. The predicted molar refractivity (Wildman–Crippen MR) is 230 cm³/mol. The van der Waals surface area contributed by atoms with E-state index < -0.39 is 0 Å². The van der Waals surface area contributed by atoms with E-state index in [1.165, 1.54) is 69.1 Å². The summed E-state index contributed by atoms with van der Waals surface area (Å²) in [6.45, 7) is 4.30. The van der Waals surface area contributed by atoms with Gasteiger partial charge in [-0.05, 0) is 46.1 Å². The Morgan fingerprint density at radius 1 is 0.556 bits per heavy atom. The van der Waals surface area contributed by atoms with Gasteiger partial charge in [-0.15, -0.1) is 11.3 Å². The van der Waals surface area contributed by atoms with Crippen molar-refractivity contribution in [3.63, 3.8) is 0 Å². The highest BCUT2D eigenvalue weighted by atomic mass is 32.1. The van der Waals surface area contributed by atoms with Gasteiger partial charge >= 0.3 is 0 Å². The Bertz CT molecular complexity index is 3310. The van der Waals surface area contributed by atoms with Crippen LogP contribution in [0.3, 0.4) is 0 Å². The first kappa shape index (κ1) is 30.8. The molecule has 4 nitrogen and oxygen atoms in total. The van der Waals surface area contributed by atoms with Crippen molar-refractivity contribution in [3.05, 3.63) is 175 Å². The van der Waals surface area contributed by atoms with Gasteiger partial charge in [0.05, 0.1) is 27.0 Å². The van der Waals surface area contributed by atoms with Crippen LogP contribution in [0.2, 0.25) is 0 Å². The van der Waals surface area contributed by atoms with Crippen molar-refractivity contribution in [2.75, 3.05) is 0 Å². The van der Waals surface area contributed by atoms with Crippen LogP contribution >= 0.6 is 11.3 Å². The maximum absolute atomic E-state index is 6.30. The molecule has 0 saturated heterocycles. The third-order valence-electron chi connectivity index (χ3n) is 10.8. The molecule has 0 spiro atoms. The smallest absolute Gasteiger partial charge is 0.228 e. The molecule has 0 aliphatic heterocycles. The van der Waals surface area contributed by atoms with Crippen molar-refractivity contribution in [1.82, 2.24) is 4.57 Å². The maximum atomic E-state index is 6.30. The zero-order valence-corrected chi connectivity index (χ0v) is 30.0. The second-order valence-electron chi connectivity index (χ2n) is 13.7. The largest absolute Gasteiger partial charge is 0.438 e. The highest BCUT2D eigenvalue weighted by Crippen LogP contribution is 2.48. The van der Waals surface area contributed by atoms with Crippen LogP contribution in [0.15, 0.2) is 178 Å². The number of aliphatic imine (C=N–C) groups is 2. The lowest BCUT2D eigenvalue weighted by Gasteiger charge is -2.12. The van der Waals surface area contributed by atoms with Crippen LogP contribution in [0, 0.1) is 0 Å². The van der Waals surface area contributed by atoms with E-state index in [4.69, 9.17) is 9.41 Å². The lowest BCUT2D eigenvalue weighted by molar-refractivity contribution is 0.626. The van der Waals surface area contributed by atoms with Crippen LogP contribution in [0.4, 0.5) is 5.88 Å². The van der Waals surface area contributed by atoms with E-state index in [0.29, 0.717) is 12.6 Å². The summed E-state index contributed by atoms with van der Waals surface area (Å²) in [6.07, 6.45) is 0. The SMILES string of the molecule is C=Nc1oc2ccccc2c1/C(=N\Cn1c2c3ccccc3ccc2c2c3ccccc3c3c4ccccc4sc3c21)c1ccc(-c2ccccc2)cc1. The first-order chi connectivity index (χ1) is 26.8. The highest BCUT2D eigenvalue weighted by Gasteiger charge is 2.24. The zero-order chi connectivity index (χ0) is 35.8. The molecule has 0 atom stereocenters. The van der Waals surface area contributed by atoms with Gasteiger partial charge in [0.25, 0.3) is 0 Å². The van der Waals surface area contributed by atoms with Gasteiger partial charge in [-0.3, -0.25) is 4.99 Å². The molecule has 3 aromatic heterocycles. The lowest BCUT2D eigenvalue weighted by Crippen LogP contribution is -2.07. The molecule has 0 aliphatic carbocycles. The topological polar surface area (TPSA) is 42.8 Å². The fourth-order valence-electron chi connectivity index (χ4n) is 8.45. The summed E-state index contributed by atoms with van der Waals surface area (Å²) in [5, 5.41) is 11.0.